The van der Waals surface area contributed by atoms with Gasteiger partial charge in [0.25, 0.3) is 5.91 Å². The van der Waals surface area contributed by atoms with E-state index in [4.69, 9.17) is 5.73 Å². The Kier molecular flexibility index (Phi) is 4.38. The molecule has 5 rings (SSSR count). The molecule has 0 unspecified atom stereocenters. The van der Waals surface area contributed by atoms with E-state index in [2.05, 4.69) is 19.9 Å². The number of benzene rings is 1. The third kappa shape index (κ3) is 2.93. The first kappa shape index (κ1) is 18.3. The minimum atomic E-state index is -0.480. The Morgan fingerprint density at radius 1 is 1.17 bits per heavy atom. The number of aromatic amines is 1. The lowest BCUT2D eigenvalue weighted by Gasteiger charge is -2.45. The Hall–Kier alpha value is -2.74. The molecule has 4 N–H and O–H groups in total. The van der Waals surface area contributed by atoms with Crippen LogP contribution in [0.4, 0.5) is 10.2 Å². The van der Waals surface area contributed by atoms with Gasteiger partial charge in [0, 0.05) is 36.8 Å². The van der Waals surface area contributed by atoms with E-state index in [0.29, 0.717) is 13.1 Å². The molecule has 1 aromatic carbocycles. The molecule has 29 heavy (non-hydrogen) atoms. The van der Waals surface area contributed by atoms with Gasteiger partial charge in [0.05, 0.1) is 13.1 Å². The minimum absolute atomic E-state index is 0.178. The quantitative estimate of drug-likeness (QED) is 0.618. The van der Waals surface area contributed by atoms with Gasteiger partial charge in [-0.1, -0.05) is 0 Å². The van der Waals surface area contributed by atoms with E-state index in [0.717, 1.165) is 66.5 Å². The van der Waals surface area contributed by atoms with Crippen molar-refractivity contribution < 1.29 is 14.1 Å². The molecule has 3 aromatic rings. The van der Waals surface area contributed by atoms with Crippen molar-refractivity contribution in [2.24, 2.45) is 5.73 Å². The number of amides is 1. The molecule has 0 radical (unpaired) electrons. The van der Waals surface area contributed by atoms with Crippen LogP contribution in [0.1, 0.15) is 32.1 Å². The van der Waals surface area contributed by atoms with Gasteiger partial charge in [0.2, 0.25) is 0 Å². The molecule has 0 bridgehead atoms. The van der Waals surface area contributed by atoms with Crippen molar-refractivity contribution in [2.75, 3.05) is 31.1 Å². The molecule has 2 fully saturated rings. The first-order chi connectivity index (χ1) is 14.1. The van der Waals surface area contributed by atoms with E-state index < -0.39 is 5.54 Å². The summed E-state index contributed by atoms with van der Waals surface area (Å²) in [6.07, 6.45) is 6.53. The molecule has 0 saturated carbocycles. The lowest BCUT2D eigenvalue weighted by atomic mass is 9.83. The molecule has 0 aliphatic carbocycles. The molecule has 2 aliphatic heterocycles. The standard InChI is InChI=1S/C21H25FN6O/c22-14-4-5-16-15(12-14)17-18(26-16)19(25-13-24-17)27-10-6-21(7-11-27,20(23)29)28-8-2-1-3-9-28/h4-5,12-13,26H,1-3,6-11H2,(H2,23,29)/p+1. The maximum atomic E-state index is 13.7. The molecule has 8 heteroatoms. The number of nitrogens with one attached hydrogen (secondary N) is 2. The maximum Gasteiger partial charge on any atom is 0.278 e. The van der Waals surface area contributed by atoms with Crippen LogP contribution in [0.3, 0.4) is 0 Å². The molecule has 2 aliphatic rings. The number of rotatable bonds is 3. The SMILES string of the molecule is NC(=O)C1([NH+]2CCCCC2)CCN(c2ncnc3c2[nH]c2ccc(F)cc23)CC1. The number of piperidine rings is 2. The number of fused-ring (bicyclic) bond motifs is 3. The van der Waals surface area contributed by atoms with Crippen molar-refractivity contribution in [3.8, 4) is 0 Å². The average Bonchev–Trinajstić information content (AvgIpc) is 3.12. The lowest BCUT2D eigenvalue weighted by molar-refractivity contribution is -0.947. The molecule has 7 nitrogen and oxygen atoms in total. The number of likely N-dealkylation sites (tertiary alicyclic amines) is 1. The number of hydrogen-bond donors (Lipinski definition) is 3. The predicted octanol–water partition coefficient (Wildman–Crippen LogP) is 1.14. The highest BCUT2D eigenvalue weighted by atomic mass is 19.1. The Morgan fingerprint density at radius 3 is 2.66 bits per heavy atom. The third-order valence-electron chi connectivity index (χ3n) is 6.85. The summed E-state index contributed by atoms with van der Waals surface area (Å²) in [5.41, 5.74) is 7.82. The smallest absolute Gasteiger partial charge is 0.278 e. The number of quaternary nitrogens is 1. The van der Waals surface area contributed by atoms with Crippen molar-refractivity contribution in [1.29, 1.82) is 0 Å². The van der Waals surface area contributed by atoms with Crippen molar-refractivity contribution in [2.45, 2.75) is 37.6 Å². The monoisotopic (exact) mass is 397 g/mol. The van der Waals surface area contributed by atoms with Gasteiger partial charge in [-0.05, 0) is 37.5 Å². The zero-order chi connectivity index (χ0) is 20.0. The Morgan fingerprint density at radius 2 is 1.93 bits per heavy atom. The van der Waals surface area contributed by atoms with E-state index in [9.17, 15) is 9.18 Å². The first-order valence-corrected chi connectivity index (χ1v) is 10.4. The fourth-order valence-corrected chi connectivity index (χ4v) is 5.22. The van der Waals surface area contributed by atoms with Gasteiger partial charge in [-0.15, -0.1) is 0 Å². The van der Waals surface area contributed by atoms with Crippen LogP contribution in [-0.4, -0.2) is 52.6 Å². The summed E-state index contributed by atoms with van der Waals surface area (Å²) in [5, 5.41) is 0.755. The number of nitrogens with two attached hydrogens (primary N) is 1. The van der Waals surface area contributed by atoms with Crippen LogP contribution in [0.15, 0.2) is 24.5 Å². The Labute approximate surface area is 168 Å². The number of nitrogens with zero attached hydrogens (tertiary/aromatic N) is 3. The van der Waals surface area contributed by atoms with Gasteiger partial charge in [0.15, 0.2) is 11.4 Å². The van der Waals surface area contributed by atoms with Crippen molar-refractivity contribution in [3.05, 3.63) is 30.3 Å². The number of primary amides is 1. The van der Waals surface area contributed by atoms with E-state index in [1.165, 1.54) is 29.8 Å². The highest BCUT2D eigenvalue weighted by Gasteiger charge is 2.49. The molecule has 152 valence electrons. The third-order valence-corrected chi connectivity index (χ3v) is 6.85. The second kappa shape index (κ2) is 6.95. The van der Waals surface area contributed by atoms with E-state index in [1.54, 1.807) is 6.07 Å². The van der Waals surface area contributed by atoms with E-state index in [1.807, 2.05) is 0 Å². The fourth-order valence-electron chi connectivity index (χ4n) is 5.22. The van der Waals surface area contributed by atoms with E-state index in [-0.39, 0.29) is 11.7 Å². The summed E-state index contributed by atoms with van der Waals surface area (Å²) in [4.78, 5) is 28.3. The van der Waals surface area contributed by atoms with Crippen LogP contribution in [0.5, 0.6) is 0 Å². The molecule has 2 saturated heterocycles. The highest BCUT2D eigenvalue weighted by Crippen LogP contribution is 2.32. The maximum absolute atomic E-state index is 13.7. The van der Waals surface area contributed by atoms with Gasteiger partial charge in [-0.2, -0.15) is 0 Å². The predicted molar refractivity (Wildman–Crippen MR) is 109 cm³/mol. The van der Waals surface area contributed by atoms with Crippen molar-refractivity contribution in [1.82, 2.24) is 15.0 Å². The number of carbonyl (C=O) groups excluding carboxylic acids is 1. The highest BCUT2D eigenvalue weighted by molar-refractivity contribution is 6.08. The number of hydrogen-bond acceptors (Lipinski definition) is 4. The number of anilines is 1. The molecule has 2 aromatic heterocycles. The molecule has 0 atom stereocenters. The Balaban J connectivity index is 1.46. The fraction of sp³-hybridized carbons (Fsp3) is 0.476. The van der Waals surface area contributed by atoms with Crippen LogP contribution < -0.4 is 15.5 Å². The Bertz CT molecular complexity index is 1070. The summed E-state index contributed by atoms with van der Waals surface area (Å²) >= 11 is 0. The molecular weight excluding hydrogens is 371 g/mol. The second-order valence-electron chi connectivity index (χ2n) is 8.33. The summed E-state index contributed by atoms with van der Waals surface area (Å²) in [5.74, 6) is 0.341. The van der Waals surface area contributed by atoms with E-state index >= 15 is 0 Å². The van der Waals surface area contributed by atoms with Crippen LogP contribution >= 0.6 is 0 Å². The zero-order valence-electron chi connectivity index (χ0n) is 16.4. The summed E-state index contributed by atoms with van der Waals surface area (Å²) in [6, 6.07) is 4.66. The molecular formula is C21H26FN6O+. The van der Waals surface area contributed by atoms with Gasteiger partial charge in [-0.25, -0.2) is 14.4 Å². The normalized spacial score (nSPS) is 20.4. The number of carbonyl (C=O) groups is 1. The van der Waals surface area contributed by atoms with Crippen molar-refractivity contribution >= 4 is 33.7 Å². The number of H-pyrrole nitrogens is 1. The summed E-state index contributed by atoms with van der Waals surface area (Å²) in [6.45, 7) is 3.47. The van der Waals surface area contributed by atoms with Gasteiger partial charge in [-0.3, -0.25) is 4.79 Å². The van der Waals surface area contributed by atoms with Gasteiger partial charge < -0.3 is 20.5 Å². The number of aromatic nitrogens is 3. The van der Waals surface area contributed by atoms with Crippen molar-refractivity contribution in [3.63, 3.8) is 0 Å². The van der Waals surface area contributed by atoms with Gasteiger partial charge in [0.1, 0.15) is 23.2 Å². The molecule has 0 spiro atoms. The summed E-state index contributed by atoms with van der Waals surface area (Å²) in [7, 11) is 0. The van der Waals surface area contributed by atoms with Crippen LogP contribution in [0.25, 0.3) is 21.9 Å². The molecule has 4 heterocycles. The molecule has 1 amide bonds. The first-order valence-electron chi connectivity index (χ1n) is 10.4. The van der Waals surface area contributed by atoms with Gasteiger partial charge >= 0.3 is 0 Å². The summed E-state index contributed by atoms with van der Waals surface area (Å²) < 4.78 is 13.7. The minimum Gasteiger partial charge on any atom is -0.364 e. The van der Waals surface area contributed by atoms with Crippen LogP contribution in [0, 0.1) is 5.82 Å². The number of halogens is 1. The second-order valence-corrected chi connectivity index (χ2v) is 8.33. The average molecular weight is 397 g/mol. The topological polar surface area (TPSA) is 92.3 Å². The van der Waals surface area contributed by atoms with Crippen LogP contribution in [-0.2, 0) is 4.79 Å². The van der Waals surface area contributed by atoms with Crippen LogP contribution in [0.2, 0.25) is 0 Å². The lowest BCUT2D eigenvalue weighted by Crippen LogP contribution is -3.22. The zero-order valence-corrected chi connectivity index (χ0v) is 16.4. The largest absolute Gasteiger partial charge is 0.364 e.